The minimum atomic E-state index is -4.36. The van der Waals surface area contributed by atoms with Gasteiger partial charge in [-0.05, 0) is 95.9 Å². The van der Waals surface area contributed by atoms with Crippen molar-refractivity contribution in [3.05, 3.63) is 75.9 Å². The summed E-state index contributed by atoms with van der Waals surface area (Å²) in [4.78, 5) is 80.1. The zero-order chi connectivity index (χ0) is 47.8. The Kier molecular flexibility index (Phi) is 14.5. The fourth-order valence-corrected chi connectivity index (χ4v) is 13.5. The van der Waals surface area contributed by atoms with Crippen molar-refractivity contribution in [1.82, 2.24) is 14.9 Å². The molecule has 18 heteroatoms. The molecule has 1 saturated heterocycles. The number of thiazole rings is 1. The number of benzene rings is 2. The van der Waals surface area contributed by atoms with Crippen molar-refractivity contribution >= 4 is 70.0 Å². The number of nitrogens with zero attached hydrogens (tertiary/aromatic N) is 3. The Bertz CT molecular complexity index is 2620. The maximum absolute atomic E-state index is 15.3. The molecule has 3 fully saturated rings. The first-order valence-electron chi connectivity index (χ1n) is 23.0. The van der Waals surface area contributed by atoms with Gasteiger partial charge >= 0.3 is 11.9 Å². The monoisotopic (exact) mass is 978 g/mol. The fourth-order valence-electron chi connectivity index (χ4n) is 9.76. The molecule has 14 nitrogen and oxygen atoms in total. The standard InChI is InChI=1S/C49H57ClFN4O10PS/c1-27(2)52-48-54-38(26-67-48)37-21-42(33-17-18-41(62-5)45(50)46(33)53-37)64-32-19-39-40(56)23-49(66(60,61)25-35-28(3)11-10-15-36(35)51)22-30(49)12-6-9-16-43(57)63-29(4)34(47(59)55(39)24-32)20-44(58)65-31-13-7-8-14-31/h6,10-12,15,17-18,21,26-27,29-32,34,39H,7-9,13-14,16,19-20,22-25H2,1-5H3,(H,52,54)(H,60,61)/b12-6-/t29-,30-,32+,34-,39-,49+/m0/s1. The summed E-state index contributed by atoms with van der Waals surface area (Å²) < 4.78 is 54.0. The summed E-state index contributed by atoms with van der Waals surface area (Å²) in [5, 5.41) is 5.14. The normalized spacial score (nSPS) is 26.3. The molecule has 358 valence electrons. The average molecular weight is 980 g/mol. The van der Waals surface area contributed by atoms with E-state index in [0.29, 0.717) is 57.3 Å². The maximum atomic E-state index is 15.3. The van der Waals surface area contributed by atoms with Gasteiger partial charge in [-0.1, -0.05) is 35.9 Å². The summed E-state index contributed by atoms with van der Waals surface area (Å²) in [6.07, 6.45) is 3.54. The van der Waals surface area contributed by atoms with E-state index in [0.717, 1.165) is 12.8 Å². The molecule has 4 heterocycles. The number of fused-ring (bicyclic) bond motifs is 3. The molecule has 4 aliphatic rings. The predicted molar refractivity (Wildman–Crippen MR) is 253 cm³/mol. The number of hydrogen-bond donors (Lipinski definition) is 2. The van der Waals surface area contributed by atoms with Crippen LogP contribution < -0.4 is 14.8 Å². The van der Waals surface area contributed by atoms with Gasteiger partial charge < -0.3 is 34.1 Å². The van der Waals surface area contributed by atoms with Gasteiger partial charge in [0, 0.05) is 47.7 Å². The number of pyridine rings is 1. The predicted octanol–water partition coefficient (Wildman–Crippen LogP) is 9.60. The van der Waals surface area contributed by atoms with E-state index in [1.807, 2.05) is 19.2 Å². The number of cyclic esters (lactones) is 1. The molecule has 2 aromatic heterocycles. The second-order valence-corrected chi connectivity index (χ2v) is 22.5. The van der Waals surface area contributed by atoms with E-state index in [9.17, 15) is 19.0 Å². The van der Waals surface area contributed by atoms with Crippen LogP contribution >= 0.6 is 30.3 Å². The molecule has 4 aromatic rings. The van der Waals surface area contributed by atoms with Crippen molar-refractivity contribution in [3.8, 4) is 22.9 Å². The highest BCUT2D eigenvalue weighted by Crippen LogP contribution is 2.74. The van der Waals surface area contributed by atoms with Crippen LogP contribution in [0.25, 0.3) is 22.3 Å². The lowest BCUT2D eigenvalue weighted by atomic mass is 9.96. The van der Waals surface area contributed by atoms with Gasteiger partial charge in [-0.15, -0.1) is 11.3 Å². The van der Waals surface area contributed by atoms with E-state index < -0.39 is 91.1 Å². The molecule has 2 aromatic carbocycles. The lowest BCUT2D eigenvalue weighted by Gasteiger charge is -2.32. The number of halogens is 2. The van der Waals surface area contributed by atoms with Crippen molar-refractivity contribution in [2.45, 2.75) is 134 Å². The SMILES string of the molecule is COc1ccc2c(O[C@@H]3C[C@H]4C(=O)C[C@]5(P(=O)(O)Cc6c(C)cccc6F)C[C@@H]5/C=C\CCC(=O)O[C@@H](C)[C@H](CC(=O)OC5CCCC5)C(=O)N4C3)cc(-c3csc(NC(C)C)n3)nc2c1Cl. The smallest absolute Gasteiger partial charge is 0.307 e. The van der Waals surface area contributed by atoms with Crippen molar-refractivity contribution in [2.75, 3.05) is 19.0 Å². The van der Waals surface area contributed by atoms with E-state index in [1.54, 1.807) is 50.3 Å². The Morgan fingerprint density at radius 3 is 2.63 bits per heavy atom. The minimum Gasteiger partial charge on any atom is -0.495 e. The molecular weight excluding hydrogens is 922 g/mol. The molecule has 1 amide bonds. The third-order valence-corrected chi connectivity index (χ3v) is 17.5. The highest BCUT2D eigenvalue weighted by Gasteiger charge is 2.65. The summed E-state index contributed by atoms with van der Waals surface area (Å²) in [6, 6.07) is 8.56. The van der Waals surface area contributed by atoms with Crippen LogP contribution in [0.1, 0.15) is 96.1 Å². The molecule has 2 aliphatic heterocycles. The highest BCUT2D eigenvalue weighted by molar-refractivity contribution is 7.59. The number of anilines is 1. The van der Waals surface area contributed by atoms with Crippen LogP contribution in [-0.4, -0.2) is 92.6 Å². The van der Waals surface area contributed by atoms with E-state index in [-0.39, 0.29) is 55.0 Å². The first-order chi connectivity index (χ1) is 32.0. The van der Waals surface area contributed by atoms with Crippen LogP contribution in [-0.2, 0) is 39.4 Å². The topological polar surface area (TPSA) is 184 Å². The third-order valence-electron chi connectivity index (χ3n) is 13.5. The number of nitrogens with one attached hydrogen (secondary N) is 1. The number of ether oxygens (including phenoxy) is 4. The number of methoxy groups -OCH3 is 1. The van der Waals surface area contributed by atoms with Crippen LogP contribution in [0.4, 0.5) is 9.52 Å². The second kappa shape index (κ2) is 20.0. The minimum absolute atomic E-state index is 0.0289. The van der Waals surface area contributed by atoms with Gasteiger partial charge in [0.2, 0.25) is 13.3 Å². The first kappa shape index (κ1) is 48.6. The van der Waals surface area contributed by atoms with E-state index >= 15 is 14.0 Å². The number of allylic oxidation sites excluding steroid dienone is 2. The van der Waals surface area contributed by atoms with Gasteiger partial charge in [0.05, 0.1) is 54.6 Å². The largest absolute Gasteiger partial charge is 0.495 e. The van der Waals surface area contributed by atoms with Crippen LogP contribution in [0.3, 0.4) is 0 Å². The Hall–Kier alpha value is -4.89. The molecule has 0 radical (unpaired) electrons. The Morgan fingerprint density at radius 2 is 1.90 bits per heavy atom. The zero-order valence-electron chi connectivity index (χ0n) is 38.3. The summed E-state index contributed by atoms with van der Waals surface area (Å²) in [6.45, 7) is 7.10. The Balaban J connectivity index is 1.18. The number of amides is 1. The molecule has 1 unspecified atom stereocenters. The number of rotatable bonds is 12. The summed E-state index contributed by atoms with van der Waals surface area (Å²) >= 11 is 8.30. The molecule has 0 bridgehead atoms. The number of carbonyl (C=O) groups is 4. The van der Waals surface area contributed by atoms with Crippen molar-refractivity contribution in [2.24, 2.45) is 11.8 Å². The number of aromatic nitrogens is 2. The molecule has 2 saturated carbocycles. The zero-order valence-corrected chi connectivity index (χ0v) is 40.8. The number of hydrogen-bond acceptors (Lipinski definition) is 13. The maximum Gasteiger partial charge on any atom is 0.307 e. The molecule has 2 aliphatic carbocycles. The quantitative estimate of drug-likeness (QED) is 0.0778. The van der Waals surface area contributed by atoms with Crippen LogP contribution in [0.5, 0.6) is 11.5 Å². The number of esters is 2. The highest BCUT2D eigenvalue weighted by atomic mass is 35.5. The lowest BCUT2D eigenvalue weighted by Crippen LogP contribution is -2.48. The van der Waals surface area contributed by atoms with E-state index in [4.69, 9.17) is 40.5 Å². The fraction of sp³-hybridized carbons (Fsp3) is 0.510. The van der Waals surface area contributed by atoms with Gasteiger partial charge in [-0.25, -0.2) is 14.4 Å². The van der Waals surface area contributed by atoms with Crippen molar-refractivity contribution in [3.63, 3.8) is 0 Å². The average Bonchev–Trinajstić information content (AvgIpc) is 3.69. The van der Waals surface area contributed by atoms with Crippen LogP contribution in [0.15, 0.2) is 53.9 Å². The molecule has 2 N–H and O–H groups in total. The lowest BCUT2D eigenvalue weighted by molar-refractivity contribution is -0.163. The van der Waals surface area contributed by atoms with Crippen molar-refractivity contribution < 1.29 is 52.0 Å². The van der Waals surface area contributed by atoms with Gasteiger partial charge in [-0.2, -0.15) is 0 Å². The number of aryl methyl sites for hydroxylation is 1. The molecular formula is C49H57ClFN4O10PS. The Morgan fingerprint density at radius 1 is 1.12 bits per heavy atom. The summed E-state index contributed by atoms with van der Waals surface area (Å²) in [5.74, 6) is -4.00. The number of ketones is 1. The van der Waals surface area contributed by atoms with Gasteiger partial charge in [-0.3, -0.25) is 23.7 Å². The molecule has 0 spiro atoms. The first-order valence-corrected chi connectivity index (χ1v) is 26.1. The van der Waals surface area contributed by atoms with E-state index in [1.165, 1.54) is 35.5 Å². The second-order valence-electron chi connectivity index (χ2n) is 18.6. The van der Waals surface area contributed by atoms with Gasteiger partial charge in [0.1, 0.15) is 46.3 Å². The van der Waals surface area contributed by atoms with Gasteiger partial charge in [0.15, 0.2) is 10.9 Å². The van der Waals surface area contributed by atoms with Crippen LogP contribution in [0, 0.1) is 24.6 Å². The number of carbonyl (C=O) groups excluding carboxylic acids is 4. The number of Topliss-reactive ketones (excluding diaryl/α,β-unsaturated/α-hetero) is 1. The van der Waals surface area contributed by atoms with Crippen LogP contribution in [0.2, 0.25) is 5.02 Å². The molecule has 7 atom stereocenters. The summed E-state index contributed by atoms with van der Waals surface area (Å²) in [5.41, 5.74) is 1.98. The Labute approximate surface area is 398 Å². The third kappa shape index (κ3) is 10.4. The summed E-state index contributed by atoms with van der Waals surface area (Å²) in [7, 11) is -2.86. The van der Waals surface area contributed by atoms with Gasteiger partial charge in [0.25, 0.3) is 0 Å². The van der Waals surface area contributed by atoms with E-state index in [2.05, 4.69) is 5.32 Å². The van der Waals surface area contributed by atoms with Crippen molar-refractivity contribution in [1.29, 1.82) is 0 Å². The molecule has 67 heavy (non-hydrogen) atoms. The molecule has 8 rings (SSSR count).